The number of rotatable bonds is 12. The molecule has 0 aliphatic carbocycles. The molecule has 120 valence electrons. The van der Waals surface area contributed by atoms with Crippen LogP contribution in [0, 0.1) is 0 Å². The lowest BCUT2D eigenvalue weighted by Crippen LogP contribution is -2.42. The van der Waals surface area contributed by atoms with Gasteiger partial charge < -0.3 is 15.4 Å². The number of nitrogens with one attached hydrogen (secondary N) is 2. The third-order valence-corrected chi connectivity index (χ3v) is 3.31. The number of ether oxygens (including phenoxy) is 1. The summed E-state index contributed by atoms with van der Waals surface area (Å²) in [5.41, 5.74) is 0. The summed E-state index contributed by atoms with van der Waals surface area (Å²) in [7, 11) is 1.83. The van der Waals surface area contributed by atoms with Gasteiger partial charge in [0.25, 0.3) is 0 Å². The van der Waals surface area contributed by atoms with Crippen LogP contribution < -0.4 is 10.6 Å². The molecular weight excluding hydrogens is 250 g/mol. The van der Waals surface area contributed by atoms with Gasteiger partial charge in [-0.2, -0.15) is 0 Å². The van der Waals surface area contributed by atoms with Gasteiger partial charge in [-0.1, -0.05) is 32.6 Å². The van der Waals surface area contributed by atoms with Crippen LogP contribution in [-0.2, 0) is 4.74 Å². The fourth-order valence-electron chi connectivity index (χ4n) is 2.06. The van der Waals surface area contributed by atoms with Crippen molar-refractivity contribution < 1.29 is 4.74 Å². The molecule has 0 fully saturated rings. The van der Waals surface area contributed by atoms with Crippen molar-refractivity contribution in [3.63, 3.8) is 0 Å². The minimum atomic E-state index is 0.487. The Kier molecular flexibility index (Phi) is 14.1. The van der Waals surface area contributed by atoms with Gasteiger partial charge >= 0.3 is 0 Å². The SMILES string of the molecule is CCCCCCC(C)NC(=NC)NCCCCOCC. The second kappa shape index (κ2) is 14.6. The van der Waals surface area contributed by atoms with Crippen molar-refractivity contribution >= 4 is 5.96 Å². The predicted molar refractivity (Wildman–Crippen MR) is 88.4 cm³/mol. The molecule has 0 aromatic heterocycles. The molecule has 0 aliphatic rings. The Morgan fingerprint density at radius 1 is 1.10 bits per heavy atom. The van der Waals surface area contributed by atoms with Crippen molar-refractivity contribution in [2.24, 2.45) is 4.99 Å². The van der Waals surface area contributed by atoms with Crippen molar-refractivity contribution in [2.75, 3.05) is 26.8 Å². The van der Waals surface area contributed by atoms with Crippen LogP contribution in [0.15, 0.2) is 4.99 Å². The van der Waals surface area contributed by atoms with E-state index in [2.05, 4.69) is 29.5 Å². The Bertz CT molecular complexity index is 232. The van der Waals surface area contributed by atoms with Crippen LogP contribution >= 0.6 is 0 Å². The van der Waals surface area contributed by atoms with Crippen LogP contribution in [-0.4, -0.2) is 38.8 Å². The zero-order valence-corrected chi connectivity index (χ0v) is 14.0. The number of nitrogens with zero attached hydrogens (tertiary/aromatic N) is 1. The number of aliphatic imine (C=N–C) groups is 1. The van der Waals surface area contributed by atoms with Crippen LogP contribution in [0.5, 0.6) is 0 Å². The van der Waals surface area contributed by atoms with E-state index in [1.54, 1.807) is 0 Å². The Morgan fingerprint density at radius 3 is 2.55 bits per heavy atom. The van der Waals surface area contributed by atoms with Crippen LogP contribution in [0.25, 0.3) is 0 Å². The zero-order valence-electron chi connectivity index (χ0n) is 14.0. The maximum Gasteiger partial charge on any atom is 0.191 e. The van der Waals surface area contributed by atoms with Gasteiger partial charge in [-0.05, 0) is 33.1 Å². The van der Waals surface area contributed by atoms with Crippen LogP contribution in [0.3, 0.4) is 0 Å². The molecule has 0 aliphatic heterocycles. The van der Waals surface area contributed by atoms with Crippen LogP contribution in [0.1, 0.15) is 65.7 Å². The summed E-state index contributed by atoms with van der Waals surface area (Å²) in [6.07, 6.45) is 8.71. The first-order chi connectivity index (χ1) is 9.74. The van der Waals surface area contributed by atoms with Gasteiger partial charge in [0.15, 0.2) is 5.96 Å². The van der Waals surface area contributed by atoms with Gasteiger partial charge in [-0.25, -0.2) is 0 Å². The summed E-state index contributed by atoms with van der Waals surface area (Å²) in [4.78, 5) is 4.27. The zero-order chi connectivity index (χ0) is 15.1. The molecule has 4 nitrogen and oxygen atoms in total. The lowest BCUT2D eigenvalue weighted by molar-refractivity contribution is 0.143. The molecular formula is C16H35N3O. The molecule has 1 unspecified atom stereocenters. The number of unbranched alkanes of at least 4 members (excludes halogenated alkanes) is 4. The quantitative estimate of drug-likeness (QED) is 0.328. The maximum absolute atomic E-state index is 5.32. The van der Waals surface area contributed by atoms with Crippen molar-refractivity contribution in [3.8, 4) is 0 Å². The Labute approximate surface area is 125 Å². The number of hydrogen-bond donors (Lipinski definition) is 2. The van der Waals surface area contributed by atoms with Gasteiger partial charge in [0.05, 0.1) is 0 Å². The molecule has 20 heavy (non-hydrogen) atoms. The summed E-state index contributed by atoms with van der Waals surface area (Å²) in [6.45, 7) is 9.14. The van der Waals surface area contributed by atoms with Gasteiger partial charge in [0, 0.05) is 32.8 Å². The molecule has 4 heteroatoms. The normalized spacial score (nSPS) is 13.3. The van der Waals surface area contributed by atoms with E-state index in [0.717, 1.165) is 38.6 Å². The number of hydrogen-bond acceptors (Lipinski definition) is 2. The van der Waals surface area contributed by atoms with E-state index >= 15 is 0 Å². The van der Waals surface area contributed by atoms with Crippen molar-refractivity contribution in [3.05, 3.63) is 0 Å². The lowest BCUT2D eigenvalue weighted by Gasteiger charge is -2.17. The van der Waals surface area contributed by atoms with E-state index < -0.39 is 0 Å². The monoisotopic (exact) mass is 285 g/mol. The fraction of sp³-hybridized carbons (Fsp3) is 0.938. The Morgan fingerprint density at radius 2 is 1.90 bits per heavy atom. The third-order valence-electron chi connectivity index (χ3n) is 3.31. The summed E-state index contributed by atoms with van der Waals surface area (Å²) < 4.78 is 5.32. The molecule has 2 N–H and O–H groups in total. The molecule has 0 saturated carbocycles. The molecule has 0 rings (SSSR count). The van der Waals surface area contributed by atoms with E-state index in [4.69, 9.17) is 4.74 Å². The topological polar surface area (TPSA) is 45.7 Å². The molecule has 0 aromatic carbocycles. The van der Waals surface area contributed by atoms with Crippen molar-refractivity contribution in [1.29, 1.82) is 0 Å². The van der Waals surface area contributed by atoms with E-state index in [-0.39, 0.29) is 0 Å². The highest BCUT2D eigenvalue weighted by Crippen LogP contribution is 2.05. The first-order valence-corrected chi connectivity index (χ1v) is 8.29. The van der Waals surface area contributed by atoms with E-state index in [1.165, 1.54) is 32.1 Å². The smallest absolute Gasteiger partial charge is 0.191 e. The maximum atomic E-state index is 5.32. The molecule has 0 radical (unpaired) electrons. The summed E-state index contributed by atoms with van der Waals surface area (Å²) in [5, 5.41) is 6.82. The molecule has 0 bridgehead atoms. The van der Waals surface area contributed by atoms with Crippen molar-refractivity contribution in [1.82, 2.24) is 10.6 Å². The summed E-state index contributed by atoms with van der Waals surface area (Å²) in [5.74, 6) is 0.921. The van der Waals surface area contributed by atoms with Gasteiger partial charge in [0.2, 0.25) is 0 Å². The minimum absolute atomic E-state index is 0.487. The standard InChI is InChI=1S/C16H35N3O/c1-5-7-8-9-12-15(3)19-16(17-4)18-13-10-11-14-20-6-2/h15H,5-14H2,1-4H3,(H2,17,18,19). The second-order valence-corrected chi connectivity index (χ2v) is 5.30. The highest BCUT2D eigenvalue weighted by molar-refractivity contribution is 5.79. The molecule has 0 aromatic rings. The highest BCUT2D eigenvalue weighted by atomic mass is 16.5. The van der Waals surface area contributed by atoms with Gasteiger partial charge in [-0.15, -0.1) is 0 Å². The average molecular weight is 285 g/mol. The lowest BCUT2D eigenvalue weighted by atomic mass is 10.1. The summed E-state index contributed by atoms with van der Waals surface area (Å²) in [6, 6.07) is 0.487. The van der Waals surface area contributed by atoms with Crippen molar-refractivity contribution in [2.45, 2.75) is 71.8 Å². The van der Waals surface area contributed by atoms with E-state index in [1.807, 2.05) is 14.0 Å². The molecule has 0 spiro atoms. The molecule has 0 saturated heterocycles. The largest absolute Gasteiger partial charge is 0.382 e. The fourth-order valence-corrected chi connectivity index (χ4v) is 2.06. The first kappa shape index (κ1) is 19.2. The third kappa shape index (κ3) is 12.3. The first-order valence-electron chi connectivity index (χ1n) is 8.29. The molecule has 0 heterocycles. The van der Waals surface area contributed by atoms with Gasteiger partial charge in [-0.3, -0.25) is 4.99 Å². The Balaban J connectivity index is 3.59. The van der Waals surface area contributed by atoms with Gasteiger partial charge in [0.1, 0.15) is 0 Å². The van der Waals surface area contributed by atoms with E-state index in [9.17, 15) is 0 Å². The molecule has 0 amide bonds. The van der Waals surface area contributed by atoms with Crippen LogP contribution in [0.4, 0.5) is 0 Å². The second-order valence-electron chi connectivity index (χ2n) is 5.30. The van der Waals surface area contributed by atoms with Crippen LogP contribution in [0.2, 0.25) is 0 Å². The predicted octanol–water partition coefficient (Wildman–Crippen LogP) is 3.33. The minimum Gasteiger partial charge on any atom is -0.382 e. The Hall–Kier alpha value is -0.770. The van der Waals surface area contributed by atoms with E-state index in [0.29, 0.717) is 6.04 Å². The average Bonchev–Trinajstić information content (AvgIpc) is 2.46. The number of guanidine groups is 1. The summed E-state index contributed by atoms with van der Waals surface area (Å²) >= 11 is 0. The highest BCUT2D eigenvalue weighted by Gasteiger charge is 2.04. The molecule has 1 atom stereocenters.